The number of rotatable bonds is 5. The number of carbonyl (C=O) groups excluding carboxylic acids is 2. The van der Waals surface area contributed by atoms with E-state index in [0.717, 1.165) is 0 Å². The van der Waals surface area contributed by atoms with Crippen LogP contribution in [0.2, 0.25) is 0 Å². The van der Waals surface area contributed by atoms with Crippen molar-refractivity contribution in [3.63, 3.8) is 0 Å². The maximum absolute atomic E-state index is 12.0. The first kappa shape index (κ1) is 16.5. The monoisotopic (exact) mass is 312 g/mol. The van der Waals surface area contributed by atoms with Crippen molar-refractivity contribution >= 4 is 23.2 Å². The Bertz CT molecular complexity index is 694. The molecule has 0 saturated heterocycles. The van der Waals surface area contributed by atoms with E-state index in [-0.39, 0.29) is 17.9 Å². The van der Waals surface area contributed by atoms with E-state index in [1.807, 2.05) is 26.0 Å². The highest BCUT2D eigenvalue weighted by atomic mass is 16.5. The number of hydrogen-bond acceptors (Lipinski definition) is 3. The highest BCUT2D eigenvalue weighted by Crippen LogP contribution is 2.19. The van der Waals surface area contributed by atoms with Gasteiger partial charge in [0.25, 0.3) is 0 Å². The average Bonchev–Trinajstić information content (AvgIpc) is 2.47. The fourth-order valence-corrected chi connectivity index (χ4v) is 2.00. The van der Waals surface area contributed by atoms with E-state index in [1.165, 1.54) is 6.92 Å². The van der Waals surface area contributed by atoms with Crippen molar-refractivity contribution < 1.29 is 14.3 Å². The van der Waals surface area contributed by atoms with Crippen LogP contribution in [0.25, 0.3) is 0 Å². The molecule has 0 aliphatic carbocycles. The maximum atomic E-state index is 12.0. The van der Waals surface area contributed by atoms with Crippen LogP contribution >= 0.6 is 0 Å². The van der Waals surface area contributed by atoms with Gasteiger partial charge in [-0.15, -0.1) is 0 Å². The Kier molecular flexibility index (Phi) is 5.36. The van der Waals surface area contributed by atoms with Crippen molar-refractivity contribution in [3.05, 3.63) is 54.1 Å². The molecule has 2 aromatic carbocycles. The second-order valence-corrected chi connectivity index (χ2v) is 5.41. The SMILES string of the molecule is CC(=O)c1ccc(NC(=O)Nc2cccc(OC(C)C)c2)cc1. The molecule has 2 N–H and O–H groups in total. The first-order valence-corrected chi connectivity index (χ1v) is 7.40. The van der Waals surface area contributed by atoms with Crippen molar-refractivity contribution in [3.8, 4) is 5.75 Å². The number of anilines is 2. The molecule has 2 amide bonds. The number of ether oxygens (including phenoxy) is 1. The number of benzene rings is 2. The van der Waals surface area contributed by atoms with E-state index in [4.69, 9.17) is 4.74 Å². The van der Waals surface area contributed by atoms with Gasteiger partial charge in [-0.25, -0.2) is 4.79 Å². The minimum atomic E-state index is -0.359. The Labute approximate surface area is 135 Å². The molecule has 5 heteroatoms. The standard InChI is InChI=1S/C18H20N2O3/c1-12(2)23-17-6-4-5-16(11-17)20-18(22)19-15-9-7-14(8-10-15)13(3)21/h4-12H,1-3H3,(H2,19,20,22). The number of nitrogens with one attached hydrogen (secondary N) is 2. The predicted octanol–water partition coefficient (Wildman–Crippen LogP) is 4.32. The summed E-state index contributed by atoms with van der Waals surface area (Å²) < 4.78 is 5.59. The molecule has 0 spiro atoms. The van der Waals surface area contributed by atoms with Crippen LogP contribution in [0.4, 0.5) is 16.2 Å². The summed E-state index contributed by atoms with van der Waals surface area (Å²) in [5.41, 5.74) is 1.86. The third-order valence-corrected chi connectivity index (χ3v) is 3.01. The Balaban J connectivity index is 1.97. The van der Waals surface area contributed by atoms with Crippen LogP contribution in [0.15, 0.2) is 48.5 Å². The number of urea groups is 1. The third-order valence-electron chi connectivity index (χ3n) is 3.01. The summed E-state index contributed by atoms with van der Waals surface area (Å²) in [6, 6.07) is 13.6. The number of hydrogen-bond donors (Lipinski definition) is 2. The number of ketones is 1. The molecule has 0 atom stereocenters. The molecular formula is C18H20N2O3. The molecule has 0 aromatic heterocycles. The summed E-state index contributed by atoms with van der Waals surface area (Å²) in [5, 5.41) is 5.46. The van der Waals surface area contributed by atoms with Crippen molar-refractivity contribution in [2.75, 3.05) is 10.6 Å². The molecular weight excluding hydrogens is 292 g/mol. The van der Waals surface area contributed by atoms with Crippen LogP contribution in [-0.2, 0) is 0 Å². The van der Waals surface area contributed by atoms with Gasteiger partial charge in [0, 0.05) is 23.0 Å². The van der Waals surface area contributed by atoms with Crippen LogP contribution in [0, 0.1) is 0 Å². The topological polar surface area (TPSA) is 67.4 Å². The molecule has 0 unspecified atom stereocenters. The van der Waals surface area contributed by atoms with E-state index in [1.54, 1.807) is 36.4 Å². The fourth-order valence-electron chi connectivity index (χ4n) is 2.00. The van der Waals surface area contributed by atoms with E-state index in [9.17, 15) is 9.59 Å². The fraction of sp³-hybridized carbons (Fsp3) is 0.222. The van der Waals surface area contributed by atoms with Gasteiger partial charge in [-0.05, 0) is 57.2 Å². The van der Waals surface area contributed by atoms with Crippen molar-refractivity contribution in [2.45, 2.75) is 26.9 Å². The second-order valence-electron chi connectivity index (χ2n) is 5.41. The average molecular weight is 312 g/mol. The maximum Gasteiger partial charge on any atom is 0.323 e. The molecule has 0 aliphatic heterocycles. The summed E-state index contributed by atoms with van der Waals surface area (Å²) in [4.78, 5) is 23.2. The van der Waals surface area contributed by atoms with E-state index in [0.29, 0.717) is 22.7 Å². The Hall–Kier alpha value is -2.82. The van der Waals surface area contributed by atoms with Crippen LogP contribution in [0.5, 0.6) is 5.75 Å². The highest BCUT2D eigenvalue weighted by Gasteiger charge is 2.05. The molecule has 0 aliphatic rings. The Morgan fingerprint density at radius 1 is 0.957 bits per heavy atom. The molecule has 0 radical (unpaired) electrons. The zero-order valence-corrected chi connectivity index (χ0v) is 13.4. The van der Waals surface area contributed by atoms with Crippen molar-refractivity contribution in [1.29, 1.82) is 0 Å². The lowest BCUT2D eigenvalue weighted by atomic mass is 10.1. The van der Waals surface area contributed by atoms with E-state index < -0.39 is 0 Å². The summed E-state index contributed by atoms with van der Waals surface area (Å²) >= 11 is 0. The number of amides is 2. The van der Waals surface area contributed by atoms with Gasteiger partial charge in [0.1, 0.15) is 5.75 Å². The minimum Gasteiger partial charge on any atom is -0.491 e. The summed E-state index contributed by atoms with van der Waals surface area (Å²) in [5.74, 6) is 0.687. The van der Waals surface area contributed by atoms with Gasteiger partial charge >= 0.3 is 6.03 Å². The van der Waals surface area contributed by atoms with Gasteiger partial charge in [0.2, 0.25) is 0 Å². The van der Waals surface area contributed by atoms with Crippen LogP contribution in [0.3, 0.4) is 0 Å². The number of carbonyl (C=O) groups is 2. The molecule has 2 aromatic rings. The molecule has 0 saturated carbocycles. The first-order chi connectivity index (χ1) is 10.9. The van der Waals surface area contributed by atoms with Gasteiger partial charge in [-0.3, -0.25) is 4.79 Å². The molecule has 0 fully saturated rings. The second kappa shape index (κ2) is 7.45. The Morgan fingerprint density at radius 3 is 2.22 bits per heavy atom. The quantitative estimate of drug-likeness (QED) is 0.808. The van der Waals surface area contributed by atoms with Crippen LogP contribution in [0.1, 0.15) is 31.1 Å². The summed E-state index contributed by atoms with van der Waals surface area (Å²) in [6.07, 6.45) is 0.0684. The lowest BCUT2D eigenvalue weighted by Gasteiger charge is -2.12. The summed E-state index contributed by atoms with van der Waals surface area (Å²) in [7, 11) is 0. The van der Waals surface area contributed by atoms with E-state index in [2.05, 4.69) is 10.6 Å². The van der Waals surface area contributed by atoms with Gasteiger partial charge in [0.05, 0.1) is 6.10 Å². The zero-order chi connectivity index (χ0) is 16.8. The van der Waals surface area contributed by atoms with Gasteiger partial charge in [-0.1, -0.05) is 6.07 Å². The number of Topliss-reactive ketones (excluding diaryl/α,β-unsaturated/α-hetero) is 1. The predicted molar refractivity (Wildman–Crippen MR) is 91.3 cm³/mol. The molecule has 0 bridgehead atoms. The largest absolute Gasteiger partial charge is 0.491 e. The Morgan fingerprint density at radius 2 is 1.61 bits per heavy atom. The lowest BCUT2D eigenvalue weighted by molar-refractivity contribution is 0.101. The van der Waals surface area contributed by atoms with Gasteiger partial charge in [0.15, 0.2) is 5.78 Å². The molecule has 5 nitrogen and oxygen atoms in total. The molecule has 0 heterocycles. The first-order valence-electron chi connectivity index (χ1n) is 7.40. The van der Waals surface area contributed by atoms with Crippen LogP contribution < -0.4 is 15.4 Å². The normalized spacial score (nSPS) is 10.3. The smallest absolute Gasteiger partial charge is 0.323 e. The third kappa shape index (κ3) is 5.14. The van der Waals surface area contributed by atoms with Gasteiger partial charge in [-0.2, -0.15) is 0 Å². The van der Waals surface area contributed by atoms with E-state index >= 15 is 0 Å². The van der Waals surface area contributed by atoms with Crippen molar-refractivity contribution in [2.24, 2.45) is 0 Å². The molecule has 2 rings (SSSR count). The van der Waals surface area contributed by atoms with Crippen LogP contribution in [-0.4, -0.2) is 17.9 Å². The lowest BCUT2D eigenvalue weighted by Crippen LogP contribution is -2.19. The molecule has 120 valence electrons. The van der Waals surface area contributed by atoms with Gasteiger partial charge < -0.3 is 15.4 Å². The zero-order valence-electron chi connectivity index (χ0n) is 13.4. The summed E-state index contributed by atoms with van der Waals surface area (Å²) in [6.45, 7) is 5.39. The minimum absolute atomic E-state index is 0.0111. The van der Waals surface area contributed by atoms with Crippen molar-refractivity contribution in [1.82, 2.24) is 0 Å². The molecule has 23 heavy (non-hydrogen) atoms. The highest BCUT2D eigenvalue weighted by molar-refractivity contribution is 6.00.